The number of hydrogen-bond donors (Lipinski definition) is 1. The number of para-hydroxylation sites is 1. The summed E-state index contributed by atoms with van der Waals surface area (Å²) in [6, 6.07) is 8.87. The van der Waals surface area contributed by atoms with Gasteiger partial charge in [0.15, 0.2) is 11.5 Å². The van der Waals surface area contributed by atoms with Crippen molar-refractivity contribution in [3.63, 3.8) is 0 Å². The number of nitrogens with zero attached hydrogens (tertiary/aromatic N) is 2. The minimum Gasteiger partial charge on any atom is -0.485 e. The van der Waals surface area contributed by atoms with E-state index in [1.54, 1.807) is 0 Å². The molecule has 0 amide bonds. The summed E-state index contributed by atoms with van der Waals surface area (Å²) >= 11 is 5.79. The lowest BCUT2D eigenvalue weighted by atomic mass is 10.0. The smallest absolute Gasteiger partial charge is 0.354 e. The standard InChI is InChI=1S/C15H15ClN2O3/c1-9(2)10-5-3-4-6-12(10)21-8-14-17-11(15(19)20)7-13(16)18-14/h3-7,9H,8H2,1-2H3,(H,19,20). The molecule has 0 spiro atoms. The van der Waals surface area contributed by atoms with Crippen LogP contribution < -0.4 is 4.74 Å². The van der Waals surface area contributed by atoms with Gasteiger partial charge in [-0.3, -0.25) is 0 Å². The highest BCUT2D eigenvalue weighted by molar-refractivity contribution is 6.29. The van der Waals surface area contributed by atoms with Gasteiger partial charge in [-0.2, -0.15) is 0 Å². The third kappa shape index (κ3) is 3.92. The minimum atomic E-state index is -1.15. The lowest BCUT2D eigenvalue weighted by Gasteiger charge is -2.13. The van der Waals surface area contributed by atoms with E-state index in [1.165, 1.54) is 6.07 Å². The number of halogens is 1. The maximum absolute atomic E-state index is 10.9. The zero-order valence-corrected chi connectivity index (χ0v) is 12.5. The highest BCUT2D eigenvalue weighted by Gasteiger charge is 2.11. The molecule has 0 unspecified atom stereocenters. The van der Waals surface area contributed by atoms with E-state index in [0.717, 1.165) is 11.3 Å². The van der Waals surface area contributed by atoms with Gasteiger partial charge in [0.25, 0.3) is 0 Å². The molecule has 0 aliphatic rings. The maximum atomic E-state index is 10.9. The number of carboxylic acids is 1. The second-order valence-corrected chi connectivity index (χ2v) is 5.17. The van der Waals surface area contributed by atoms with Crippen LogP contribution in [-0.2, 0) is 6.61 Å². The van der Waals surface area contributed by atoms with Gasteiger partial charge in [0.05, 0.1) is 0 Å². The van der Waals surface area contributed by atoms with Crippen molar-refractivity contribution in [1.82, 2.24) is 9.97 Å². The molecule has 1 aromatic carbocycles. The van der Waals surface area contributed by atoms with Crippen molar-refractivity contribution in [2.24, 2.45) is 0 Å². The third-order valence-electron chi connectivity index (χ3n) is 2.86. The Bertz CT molecular complexity index is 659. The summed E-state index contributed by atoms with van der Waals surface area (Å²) in [7, 11) is 0. The number of carbonyl (C=O) groups is 1. The second-order valence-electron chi connectivity index (χ2n) is 4.78. The Hall–Kier alpha value is -2.14. The van der Waals surface area contributed by atoms with Crippen molar-refractivity contribution in [2.75, 3.05) is 0 Å². The molecular weight excluding hydrogens is 292 g/mol. The molecule has 0 saturated heterocycles. The number of rotatable bonds is 5. The first-order chi connectivity index (χ1) is 9.97. The molecule has 5 nitrogen and oxygen atoms in total. The van der Waals surface area contributed by atoms with Gasteiger partial charge in [-0.05, 0) is 17.5 Å². The van der Waals surface area contributed by atoms with Gasteiger partial charge in [-0.25, -0.2) is 14.8 Å². The molecule has 0 aliphatic carbocycles. The molecule has 0 bridgehead atoms. The van der Waals surface area contributed by atoms with Gasteiger partial charge < -0.3 is 9.84 Å². The highest BCUT2D eigenvalue weighted by atomic mass is 35.5. The van der Waals surface area contributed by atoms with Crippen molar-refractivity contribution >= 4 is 17.6 Å². The monoisotopic (exact) mass is 306 g/mol. The molecule has 0 fully saturated rings. The number of hydrogen-bond acceptors (Lipinski definition) is 4. The Morgan fingerprint density at radius 2 is 2.05 bits per heavy atom. The summed E-state index contributed by atoms with van der Waals surface area (Å²) in [4.78, 5) is 18.8. The molecule has 0 radical (unpaired) electrons. The van der Waals surface area contributed by atoms with E-state index >= 15 is 0 Å². The summed E-state index contributed by atoms with van der Waals surface area (Å²) in [5.41, 5.74) is 0.920. The van der Waals surface area contributed by atoms with Crippen molar-refractivity contribution in [3.05, 3.63) is 52.6 Å². The average molecular weight is 307 g/mol. The Labute approximate surface area is 127 Å². The molecule has 2 aromatic rings. The molecule has 0 atom stereocenters. The predicted octanol–water partition coefficient (Wildman–Crippen LogP) is 3.53. The van der Waals surface area contributed by atoms with Crippen molar-refractivity contribution in [2.45, 2.75) is 26.4 Å². The first-order valence-corrected chi connectivity index (χ1v) is 6.83. The minimum absolute atomic E-state index is 0.0601. The van der Waals surface area contributed by atoms with Crippen LogP contribution in [0.4, 0.5) is 0 Å². The molecule has 21 heavy (non-hydrogen) atoms. The Morgan fingerprint density at radius 1 is 1.33 bits per heavy atom. The summed E-state index contributed by atoms with van der Waals surface area (Å²) < 4.78 is 5.70. The molecule has 110 valence electrons. The lowest BCUT2D eigenvalue weighted by Crippen LogP contribution is -2.08. The van der Waals surface area contributed by atoms with E-state index in [2.05, 4.69) is 23.8 Å². The van der Waals surface area contributed by atoms with Gasteiger partial charge in [0.2, 0.25) is 0 Å². The predicted molar refractivity (Wildman–Crippen MR) is 78.9 cm³/mol. The lowest BCUT2D eigenvalue weighted by molar-refractivity contribution is 0.0689. The number of benzene rings is 1. The van der Waals surface area contributed by atoms with E-state index in [-0.39, 0.29) is 23.3 Å². The van der Waals surface area contributed by atoms with Gasteiger partial charge in [0, 0.05) is 6.07 Å². The summed E-state index contributed by atoms with van der Waals surface area (Å²) in [6.07, 6.45) is 0. The molecule has 2 rings (SSSR count). The molecule has 1 N–H and O–H groups in total. The SMILES string of the molecule is CC(C)c1ccccc1OCc1nc(Cl)cc(C(=O)O)n1. The third-order valence-corrected chi connectivity index (χ3v) is 3.05. The van der Waals surface area contributed by atoms with Gasteiger partial charge in [-0.15, -0.1) is 0 Å². The van der Waals surface area contributed by atoms with Crippen LogP contribution in [0.1, 0.15) is 41.6 Å². The van der Waals surface area contributed by atoms with Crippen LogP contribution >= 0.6 is 11.6 Å². The Kier molecular flexibility index (Phi) is 4.75. The molecule has 1 aromatic heterocycles. The molecular formula is C15H15ClN2O3. The average Bonchev–Trinajstić information content (AvgIpc) is 2.44. The fourth-order valence-corrected chi connectivity index (χ4v) is 2.07. The van der Waals surface area contributed by atoms with Gasteiger partial charge >= 0.3 is 5.97 Å². The van der Waals surface area contributed by atoms with Crippen LogP contribution in [0, 0.1) is 0 Å². The first kappa shape index (κ1) is 15.3. The molecule has 0 saturated carbocycles. The normalized spacial score (nSPS) is 10.7. The van der Waals surface area contributed by atoms with E-state index in [9.17, 15) is 4.79 Å². The Balaban J connectivity index is 2.19. The van der Waals surface area contributed by atoms with Crippen LogP contribution in [-0.4, -0.2) is 21.0 Å². The number of ether oxygens (including phenoxy) is 1. The van der Waals surface area contributed by atoms with Crippen molar-refractivity contribution in [3.8, 4) is 5.75 Å². The van der Waals surface area contributed by atoms with E-state index in [0.29, 0.717) is 5.92 Å². The zero-order valence-electron chi connectivity index (χ0n) is 11.7. The summed E-state index contributed by atoms with van der Waals surface area (Å²) in [6.45, 7) is 4.20. The quantitative estimate of drug-likeness (QED) is 0.855. The van der Waals surface area contributed by atoms with E-state index in [4.69, 9.17) is 21.4 Å². The van der Waals surface area contributed by atoms with Crippen molar-refractivity contribution in [1.29, 1.82) is 0 Å². The van der Waals surface area contributed by atoms with Gasteiger partial charge in [0.1, 0.15) is 17.5 Å². The van der Waals surface area contributed by atoms with E-state index in [1.807, 2.05) is 24.3 Å². The maximum Gasteiger partial charge on any atom is 0.354 e. The fraction of sp³-hybridized carbons (Fsp3) is 0.267. The topological polar surface area (TPSA) is 72.3 Å². The zero-order chi connectivity index (χ0) is 15.4. The number of carboxylic acid groups (broad SMARTS) is 1. The largest absolute Gasteiger partial charge is 0.485 e. The molecule has 0 aliphatic heterocycles. The summed E-state index contributed by atoms with van der Waals surface area (Å²) in [5.74, 6) is 0.130. The molecule has 6 heteroatoms. The highest BCUT2D eigenvalue weighted by Crippen LogP contribution is 2.26. The van der Waals surface area contributed by atoms with Crippen LogP contribution in [0.5, 0.6) is 5.75 Å². The van der Waals surface area contributed by atoms with Crippen LogP contribution in [0.2, 0.25) is 5.15 Å². The van der Waals surface area contributed by atoms with E-state index < -0.39 is 5.97 Å². The number of aromatic carboxylic acids is 1. The van der Waals surface area contributed by atoms with Crippen LogP contribution in [0.3, 0.4) is 0 Å². The Morgan fingerprint density at radius 3 is 2.71 bits per heavy atom. The molecule has 1 heterocycles. The fourth-order valence-electron chi connectivity index (χ4n) is 1.87. The van der Waals surface area contributed by atoms with Crippen LogP contribution in [0.25, 0.3) is 0 Å². The number of aromatic nitrogens is 2. The second kappa shape index (κ2) is 6.54. The van der Waals surface area contributed by atoms with Crippen molar-refractivity contribution < 1.29 is 14.6 Å². The van der Waals surface area contributed by atoms with Crippen LogP contribution in [0.15, 0.2) is 30.3 Å². The summed E-state index contributed by atoms with van der Waals surface area (Å²) in [5, 5.41) is 9.03. The first-order valence-electron chi connectivity index (χ1n) is 6.46. The van der Waals surface area contributed by atoms with Gasteiger partial charge in [-0.1, -0.05) is 43.6 Å².